The fraction of sp³-hybridized carbons (Fsp3) is 0.391. The number of aromatic nitrogens is 3. The predicted octanol–water partition coefficient (Wildman–Crippen LogP) is 4.85. The summed E-state index contributed by atoms with van der Waals surface area (Å²) in [5, 5.41) is 17.6. The van der Waals surface area contributed by atoms with Crippen LogP contribution in [0, 0.1) is 5.82 Å². The number of carboxylic acids is 1. The lowest BCUT2D eigenvalue weighted by molar-refractivity contribution is -0.192. The second-order valence-electron chi connectivity index (χ2n) is 7.51. The maximum atomic E-state index is 14.1. The number of pyridine rings is 1. The fourth-order valence-corrected chi connectivity index (χ4v) is 3.20. The zero-order chi connectivity index (χ0) is 26.0. The summed E-state index contributed by atoms with van der Waals surface area (Å²) in [5.74, 6) is -2.64. The Bertz CT molecular complexity index is 1130. The Morgan fingerprint density at radius 3 is 2.40 bits per heavy atom. The van der Waals surface area contributed by atoms with E-state index in [4.69, 9.17) is 9.90 Å². The number of fused-ring (bicyclic) bond motifs is 1. The molecule has 8 nitrogen and oxygen atoms in total. The molecule has 2 heterocycles. The van der Waals surface area contributed by atoms with Crippen LogP contribution in [0.2, 0.25) is 0 Å². The second kappa shape index (κ2) is 12.8. The molecule has 0 unspecified atom stereocenters. The van der Waals surface area contributed by atoms with Gasteiger partial charge in [-0.3, -0.25) is 9.89 Å². The summed E-state index contributed by atoms with van der Waals surface area (Å²) in [4.78, 5) is 27.8. The Morgan fingerprint density at radius 1 is 1.14 bits per heavy atom. The number of unbranched alkanes of at least 4 members (excludes halogenated alkanes) is 1. The highest BCUT2D eigenvalue weighted by Gasteiger charge is 2.38. The van der Waals surface area contributed by atoms with E-state index in [-0.39, 0.29) is 11.7 Å². The highest BCUT2D eigenvalue weighted by atomic mass is 19.4. The highest BCUT2D eigenvalue weighted by Crippen LogP contribution is 2.27. The van der Waals surface area contributed by atoms with Crippen LogP contribution >= 0.6 is 0 Å². The molecule has 1 aromatic carbocycles. The molecule has 0 aliphatic rings. The number of carboxylic acid groups (broad SMARTS) is 1. The minimum absolute atomic E-state index is 0.0682. The van der Waals surface area contributed by atoms with Gasteiger partial charge in [-0.15, -0.1) is 0 Å². The van der Waals surface area contributed by atoms with E-state index in [1.165, 1.54) is 6.07 Å². The number of amides is 1. The Kier molecular flexibility index (Phi) is 10.1. The molecule has 0 aliphatic heterocycles. The first-order valence-corrected chi connectivity index (χ1v) is 11.0. The number of anilines is 1. The number of rotatable bonds is 9. The number of benzene rings is 1. The lowest BCUT2D eigenvalue weighted by Crippen LogP contribution is -2.24. The molecule has 3 aromatic rings. The molecule has 0 aliphatic carbocycles. The average Bonchev–Trinajstić information content (AvgIpc) is 3.21. The SMILES string of the molecule is CCN(CC)CCCCC(=O)Nc1[nH]nc2ncc(-c3ccccc3F)cc12.O=C(O)C(F)(F)F. The van der Waals surface area contributed by atoms with Crippen molar-refractivity contribution in [3.8, 4) is 11.1 Å². The molecule has 0 saturated heterocycles. The van der Waals surface area contributed by atoms with E-state index in [9.17, 15) is 22.4 Å². The monoisotopic (exact) mass is 497 g/mol. The molecule has 3 rings (SSSR count). The maximum absolute atomic E-state index is 14.1. The van der Waals surface area contributed by atoms with Gasteiger partial charge in [0.2, 0.25) is 5.91 Å². The summed E-state index contributed by atoms with van der Waals surface area (Å²) in [6.45, 7) is 7.34. The van der Waals surface area contributed by atoms with Gasteiger partial charge in [-0.2, -0.15) is 18.3 Å². The molecule has 0 saturated carbocycles. The number of aromatic amines is 1. The zero-order valence-corrected chi connectivity index (χ0v) is 19.3. The van der Waals surface area contributed by atoms with Crippen LogP contribution in [0.1, 0.15) is 33.1 Å². The number of aliphatic carboxylic acids is 1. The highest BCUT2D eigenvalue weighted by molar-refractivity contribution is 5.99. The van der Waals surface area contributed by atoms with Gasteiger partial charge in [0.25, 0.3) is 0 Å². The van der Waals surface area contributed by atoms with E-state index in [0.29, 0.717) is 34.4 Å². The van der Waals surface area contributed by atoms with E-state index in [2.05, 4.69) is 39.2 Å². The van der Waals surface area contributed by atoms with Crippen molar-refractivity contribution in [2.24, 2.45) is 0 Å². The number of carbonyl (C=O) groups excluding carboxylic acids is 1. The first-order chi connectivity index (χ1) is 16.6. The van der Waals surface area contributed by atoms with Crippen molar-refractivity contribution in [3.63, 3.8) is 0 Å². The van der Waals surface area contributed by atoms with Crippen LogP contribution in [-0.2, 0) is 9.59 Å². The normalized spacial score (nSPS) is 11.3. The number of alkyl halides is 3. The topological polar surface area (TPSA) is 111 Å². The Labute approximate surface area is 199 Å². The van der Waals surface area contributed by atoms with Crippen LogP contribution in [0.4, 0.5) is 23.4 Å². The van der Waals surface area contributed by atoms with Gasteiger partial charge in [0.15, 0.2) is 5.65 Å². The van der Waals surface area contributed by atoms with Gasteiger partial charge >= 0.3 is 12.1 Å². The molecule has 2 aromatic heterocycles. The second-order valence-corrected chi connectivity index (χ2v) is 7.51. The minimum Gasteiger partial charge on any atom is -0.475 e. The standard InChI is InChI=1S/C21H26FN5O.C2HF3O2/c1-3-27(4-2)12-8-7-11-19(28)24-21-17-13-15(14-23-20(17)25-26-21)16-9-5-6-10-18(16)22;3-2(4,5)1(6)7/h5-6,9-10,13-14H,3-4,7-8,11-12H2,1-2H3,(H2,23,24,25,26,28);(H,6,7). The third-order valence-corrected chi connectivity index (χ3v) is 5.12. The van der Waals surface area contributed by atoms with Gasteiger partial charge in [0, 0.05) is 23.7 Å². The first-order valence-electron chi connectivity index (χ1n) is 11.0. The molecule has 0 fully saturated rings. The molecule has 0 bridgehead atoms. The van der Waals surface area contributed by atoms with Crippen LogP contribution in [-0.4, -0.2) is 62.9 Å². The summed E-state index contributed by atoms with van der Waals surface area (Å²) >= 11 is 0. The van der Waals surface area contributed by atoms with Crippen molar-refractivity contribution in [2.75, 3.05) is 25.0 Å². The summed E-state index contributed by atoms with van der Waals surface area (Å²) in [6.07, 6.45) is -1.24. The number of H-pyrrole nitrogens is 1. The molecule has 0 radical (unpaired) electrons. The molecule has 1 amide bonds. The van der Waals surface area contributed by atoms with Gasteiger partial charge in [0.05, 0.1) is 5.39 Å². The predicted molar refractivity (Wildman–Crippen MR) is 123 cm³/mol. The van der Waals surface area contributed by atoms with Gasteiger partial charge in [-0.25, -0.2) is 14.2 Å². The molecular weight excluding hydrogens is 470 g/mol. The van der Waals surface area contributed by atoms with Crippen molar-refractivity contribution in [2.45, 2.75) is 39.3 Å². The first kappa shape index (κ1) is 27.7. The molecule has 0 spiro atoms. The zero-order valence-electron chi connectivity index (χ0n) is 19.3. The lowest BCUT2D eigenvalue weighted by atomic mass is 10.1. The third-order valence-electron chi connectivity index (χ3n) is 5.12. The number of nitrogens with zero attached hydrogens (tertiary/aromatic N) is 3. The van der Waals surface area contributed by atoms with Crippen molar-refractivity contribution >= 4 is 28.7 Å². The Hall–Kier alpha value is -3.54. The quantitative estimate of drug-likeness (QED) is 0.288. The summed E-state index contributed by atoms with van der Waals surface area (Å²) in [7, 11) is 0. The molecule has 35 heavy (non-hydrogen) atoms. The van der Waals surface area contributed by atoms with Gasteiger partial charge in [-0.05, 0) is 44.6 Å². The molecule has 12 heteroatoms. The van der Waals surface area contributed by atoms with Gasteiger partial charge in [0.1, 0.15) is 11.6 Å². The summed E-state index contributed by atoms with van der Waals surface area (Å²) in [5.41, 5.74) is 1.59. The molecule has 190 valence electrons. The maximum Gasteiger partial charge on any atom is 0.490 e. The summed E-state index contributed by atoms with van der Waals surface area (Å²) in [6, 6.07) is 8.33. The van der Waals surface area contributed by atoms with E-state index < -0.39 is 12.1 Å². The number of hydrogen-bond acceptors (Lipinski definition) is 5. The number of hydrogen-bond donors (Lipinski definition) is 3. The van der Waals surface area contributed by atoms with Crippen LogP contribution in [0.25, 0.3) is 22.2 Å². The Morgan fingerprint density at radius 2 is 1.80 bits per heavy atom. The van der Waals surface area contributed by atoms with Crippen LogP contribution in [0.5, 0.6) is 0 Å². The molecular formula is C23H27F4N5O3. The largest absolute Gasteiger partial charge is 0.490 e. The van der Waals surface area contributed by atoms with Crippen molar-refractivity contribution in [3.05, 3.63) is 42.3 Å². The van der Waals surface area contributed by atoms with Crippen LogP contribution in [0.3, 0.4) is 0 Å². The van der Waals surface area contributed by atoms with Crippen molar-refractivity contribution < 1.29 is 32.3 Å². The summed E-state index contributed by atoms with van der Waals surface area (Å²) < 4.78 is 45.8. The average molecular weight is 497 g/mol. The number of carbonyl (C=O) groups is 2. The van der Waals surface area contributed by atoms with Crippen LogP contribution in [0.15, 0.2) is 36.5 Å². The number of halogens is 4. The van der Waals surface area contributed by atoms with E-state index in [0.717, 1.165) is 32.5 Å². The van der Waals surface area contributed by atoms with Crippen molar-refractivity contribution in [1.29, 1.82) is 0 Å². The van der Waals surface area contributed by atoms with Crippen LogP contribution < -0.4 is 5.32 Å². The third kappa shape index (κ3) is 8.32. The van der Waals surface area contributed by atoms with Gasteiger partial charge in [-0.1, -0.05) is 32.0 Å². The minimum atomic E-state index is -5.08. The Balaban J connectivity index is 0.000000540. The van der Waals surface area contributed by atoms with E-state index in [1.807, 2.05) is 0 Å². The lowest BCUT2D eigenvalue weighted by Gasteiger charge is -2.17. The van der Waals surface area contributed by atoms with Crippen molar-refractivity contribution in [1.82, 2.24) is 20.1 Å². The number of nitrogens with one attached hydrogen (secondary N) is 2. The van der Waals surface area contributed by atoms with E-state index >= 15 is 0 Å². The van der Waals surface area contributed by atoms with Gasteiger partial charge < -0.3 is 15.3 Å². The van der Waals surface area contributed by atoms with E-state index in [1.54, 1.807) is 30.5 Å². The molecule has 0 atom stereocenters. The molecule has 3 N–H and O–H groups in total. The fourth-order valence-electron chi connectivity index (χ4n) is 3.20. The smallest absolute Gasteiger partial charge is 0.475 e.